The molecule has 0 aliphatic heterocycles. The first-order valence-electron chi connectivity index (χ1n) is 6.07. The zero-order chi connectivity index (χ0) is 13.1. The fraction of sp³-hybridized carbons (Fsp3) is 0.500. The summed E-state index contributed by atoms with van der Waals surface area (Å²) >= 11 is 0. The second-order valence-electron chi connectivity index (χ2n) is 3.62. The molecule has 0 atom stereocenters. The monoisotopic (exact) mass is 238 g/mol. The summed E-state index contributed by atoms with van der Waals surface area (Å²) in [5.74, 6) is 0.233. The maximum absolute atomic E-state index is 10.7. The summed E-state index contributed by atoms with van der Waals surface area (Å²) in [7, 11) is 0. The van der Waals surface area contributed by atoms with Crippen LogP contribution in [0.5, 0.6) is 5.75 Å². The minimum Gasteiger partial charge on any atom is -0.508 e. The number of aromatic hydroxyl groups is 1. The van der Waals surface area contributed by atoms with E-state index in [2.05, 4.69) is 0 Å². The number of carbonyl (C=O) groups excluding carboxylic acids is 1. The van der Waals surface area contributed by atoms with Gasteiger partial charge < -0.3 is 9.84 Å². The van der Waals surface area contributed by atoms with Gasteiger partial charge in [-0.15, -0.1) is 0 Å². The van der Waals surface area contributed by atoms with Gasteiger partial charge in [0.2, 0.25) is 0 Å². The van der Waals surface area contributed by atoms with Crippen molar-refractivity contribution in [3.63, 3.8) is 0 Å². The third kappa shape index (κ3) is 8.31. The van der Waals surface area contributed by atoms with Crippen LogP contribution in [0, 0.1) is 0 Å². The highest BCUT2D eigenvalue weighted by Crippen LogP contribution is 2.03. The van der Waals surface area contributed by atoms with E-state index in [9.17, 15) is 4.79 Å². The van der Waals surface area contributed by atoms with Crippen molar-refractivity contribution in [2.75, 3.05) is 0 Å². The second-order valence-corrected chi connectivity index (χ2v) is 3.62. The summed E-state index contributed by atoms with van der Waals surface area (Å²) in [6, 6.07) is 8.71. The first-order chi connectivity index (χ1) is 8.13. The van der Waals surface area contributed by atoms with Crippen LogP contribution in [0.15, 0.2) is 30.3 Å². The van der Waals surface area contributed by atoms with Gasteiger partial charge in [0.15, 0.2) is 0 Å². The predicted molar refractivity (Wildman–Crippen MR) is 68.9 cm³/mol. The van der Waals surface area contributed by atoms with Crippen molar-refractivity contribution in [3.05, 3.63) is 30.3 Å². The van der Waals surface area contributed by atoms with Gasteiger partial charge in [-0.1, -0.05) is 39.0 Å². The van der Waals surface area contributed by atoms with Gasteiger partial charge in [-0.3, -0.25) is 4.79 Å². The quantitative estimate of drug-likeness (QED) is 0.816. The number of hydrogen-bond donors (Lipinski definition) is 1. The Morgan fingerprint density at radius 2 is 1.71 bits per heavy atom. The predicted octanol–water partition coefficient (Wildman–Crippen LogP) is 3.52. The van der Waals surface area contributed by atoms with Crippen LogP contribution >= 0.6 is 0 Å². The molecule has 0 bridgehead atoms. The third-order valence-corrected chi connectivity index (χ3v) is 2.25. The van der Waals surface area contributed by atoms with Gasteiger partial charge in [-0.05, 0) is 25.0 Å². The molecule has 17 heavy (non-hydrogen) atoms. The number of rotatable bonds is 4. The molecule has 1 aromatic carbocycles. The highest BCUT2D eigenvalue weighted by Gasteiger charge is 2.07. The smallest absolute Gasteiger partial charge is 0.305 e. The zero-order valence-electron chi connectivity index (χ0n) is 10.8. The normalized spacial score (nSPS) is 9.41. The molecule has 0 aliphatic rings. The van der Waals surface area contributed by atoms with E-state index >= 15 is 0 Å². The average Bonchev–Trinajstić information content (AvgIpc) is 2.37. The number of phenolic OH excluding ortho intramolecular Hbond substituents is 1. The topological polar surface area (TPSA) is 46.5 Å². The Morgan fingerprint density at radius 3 is 2.00 bits per heavy atom. The molecule has 0 amide bonds. The molecule has 0 saturated carbocycles. The van der Waals surface area contributed by atoms with Crippen LogP contribution in [-0.4, -0.2) is 17.2 Å². The van der Waals surface area contributed by atoms with E-state index in [4.69, 9.17) is 9.84 Å². The number of benzene rings is 1. The molecule has 0 aromatic heterocycles. The maximum Gasteiger partial charge on any atom is 0.305 e. The Bertz CT molecular complexity index is 292. The summed E-state index contributed by atoms with van der Waals surface area (Å²) < 4.78 is 5.06. The largest absolute Gasteiger partial charge is 0.508 e. The maximum atomic E-state index is 10.7. The molecule has 96 valence electrons. The molecule has 0 fully saturated rings. The molecule has 1 N–H and O–H groups in total. The van der Waals surface area contributed by atoms with E-state index < -0.39 is 0 Å². The molecular weight excluding hydrogens is 216 g/mol. The fourth-order valence-electron chi connectivity index (χ4n) is 1.15. The van der Waals surface area contributed by atoms with Gasteiger partial charge in [-0.2, -0.15) is 0 Å². The van der Waals surface area contributed by atoms with Crippen LogP contribution in [0.3, 0.4) is 0 Å². The van der Waals surface area contributed by atoms with E-state index in [1.54, 1.807) is 24.3 Å². The highest BCUT2D eigenvalue weighted by atomic mass is 16.5. The Kier molecular flexibility index (Phi) is 8.84. The van der Waals surface area contributed by atoms with Crippen molar-refractivity contribution in [1.82, 2.24) is 0 Å². The third-order valence-electron chi connectivity index (χ3n) is 2.25. The van der Waals surface area contributed by atoms with Crippen LogP contribution in [0.25, 0.3) is 0 Å². The van der Waals surface area contributed by atoms with E-state index in [-0.39, 0.29) is 12.1 Å². The Balaban J connectivity index is 0.000000318. The first-order valence-corrected chi connectivity index (χ1v) is 6.07. The molecule has 3 nitrogen and oxygen atoms in total. The van der Waals surface area contributed by atoms with Gasteiger partial charge in [0.25, 0.3) is 0 Å². The van der Waals surface area contributed by atoms with Gasteiger partial charge >= 0.3 is 5.97 Å². The van der Waals surface area contributed by atoms with Crippen LogP contribution in [0.1, 0.15) is 40.0 Å². The zero-order valence-corrected chi connectivity index (χ0v) is 10.8. The highest BCUT2D eigenvalue weighted by molar-refractivity contribution is 5.69. The van der Waals surface area contributed by atoms with Gasteiger partial charge in [-0.25, -0.2) is 0 Å². The number of para-hydroxylation sites is 1. The minimum absolute atomic E-state index is 0.0892. The van der Waals surface area contributed by atoms with Crippen molar-refractivity contribution in [3.8, 4) is 5.75 Å². The summed E-state index contributed by atoms with van der Waals surface area (Å²) in [6.07, 6.45) is 2.45. The van der Waals surface area contributed by atoms with Crippen molar-refractivity contribution in [2.45, 2.75) is 46.1 Å². The molecule has 1 rings (SSSR count). The van der Waals surface area contributed by atoms with Gasteiger partial charge in [0.1, 0.15) is 11.9 Å². The molecule has 3 heteroatoms. The van der Waals surface area contributed by atoms with E-state index in [1.807, 2.05) is 26.8 Å². The molecule has 0 saturated heterocycles. The lowest BCUT2D eigenvalue weighted by Crippen LogP contribution is -2.15. The lowest BCUT2D eigenvalue weighted by atomic mass is 10.2. The number of ether oxygens (including phenoxy) is 1. The van der Waals surface area contributed by atoms with E-state index in [0.29, 0.717) is 12.2 Å². The van der Waals surface area contributed by atoms with Crippen LogP contribution in [0.4, 0.5) is 0 Å². The fourth-order valence-corrected chi connectivity index (χ4v) is 1.15. The number of hydrogen-bond acceptors (Lipinski definition) is 3. The number of esters is 1. The van der Waals surface area contributed by atoms with E-state index in [1.165, 1.54) is 0 Å². The van der Waals surface area contributed by atoms with Crippen molar-refractivity contribution in [1.29, 1.82) is 0 Å². The molecule has 0 spiro atoms. The summed E-state index contributed by atoms with van der Waals surface area (Å²) in [6.45, 7) is 5.86. The number of phenols is 1. The summed E-state index contributed by atoms with van der Waals surface area (Å²) in [5, 5.41) is 8.63. The minimum atomic E-state index is -0.0892. The van der Waals surface area contributed by atoms with Gasteiger partial charge in [0.05, 0.1) is 0 Å². The van der Waals surface area contributed by atoms with Gasteiger partial charge in [0, 0.05) is 6.42 Å². The van der Waals surface area contributed by atoms with Crippen LogP contribution in [-0.2, 0) is 9.53 Å². The molecule has 1 aromatic rings. The SMILES string of the molecule is CCC(=O)OC(CC)CC.Oc1ccccc1. The van der Waals surface area contributed by atoms with Crippen molar-refractivity contribution in [2.24, 2.45) is 0 Å². The lowest BCUT2D eigenvalue weighted by Gasteiger charge is -2.12. The molecule has 0 radical (unpaired) electrons. The molecule has 0 heterocycles. The Hall–Kier alpha value is -1.51. The average molecular weight is 238 g/mol. The molecule has 0 unspecified atom stereocenters. The van der Waals surface area contributed by atoms with E-state index in [0.717, 1.165) is 12.8 Å². The summed E-state index contributed by atoms with van der Waals surface area (Å²) in [4.78, 5) is 10.7. The second kappa shape index (κ2) is 9.70. The first kappa shape index (κ1) is 15.5. The Labute approximate surface area is 103 Å². The van der Waals surface area contributed by atoms with Crippen molar-refractivity contribution < 1.29 is 14.6 Å². The van der Waals surface area contributed by atoms with Crippen molar-refractivity contribution >= 4 is 5.97 Å². The molecular formula is C14H22O3. The standard InChI is InChI=1S/C8H16O2.C6H6O/c1-4-7(5-2)10-8(9)6-3;7-6-4-2-1-3-5-6/h7H,4-6H2,1-3H3;1-5,7H. The molecule has 0 aliphatic carbocycles. The van der Waals surface area contributed by atoms with Crippen LogP contribution < -0.4 is 0 Å². The number of carbonyl (C=O) groups is 1. The summed E-state index contributed by atoms with van der Waals surface area (Å²) in [5.41, 5.74) is 0. The lowest BCUT2D eigenvalue weighted by molar-refractivity contribution is -0.148. The van der Waals surface area contributed by atoms with Crippen LogP contribution in [0.2, 0.25) is 0 Å². The Morgan fingerprint density at radius 1 is 1.18 bits per heavy atom.